The Bertz CT molecular complexity index is 294. The van der Waals surface area contributed by atoms with Crippen molar-refractivity contribution in [3.8, 4) is 0 Å². The van der Waals surface area contributed by atoms with Gasteiger partial charge in [-0.3, -0.25) is 0 Å². The van der Waals surface area contributed by atoms with E-state index in [4.69, 9.17) is 0 Å². The Labute approximate surface area is 84.2 Å². The van der Waals surface area contributed by atoms with Crippen LogP contribution in [-0.2, 0) is 6.54 Å². The van der Waals surface area contributed by atoms with E-state index in [1.165, 1.54) is 10.5 Å². The van der Waals surface area contributed by atoms with Gasteiger partial charge in [0.1, 0.15) is 0 Å². The lowest BCUT2D eigenvalue weighted by atomic mass is 10.2. The maximum Gasteiger partial charge on any atom is 0.0659 e. The lowest BCUT2D eigenvalue weighted by molar-refractivity contribution is 0.827. The molecule has 0 aromatic heterocycles. The van der Waals surface area contributed by atoms with E-state index >= 15 is 0 Å². The highest BCUT2D eigenvalue weighted by atomic mass is 32.2. The van der Waals surface area contributed by atoms with Gasteiger partial charge in [0.05, 0.1) is 5.03 Å². The monoisotopic (exact) mass is 193 g/mol. The molecule has 70 valence electrons. The number of fused-ring (bicyclic) bond motifs is 1. The first-order valence-electron chi connectivity index (χ1n) is 4.55. The van der Waals surface area contributed by atoms with E-state index in [-0.39, 0.29) is 0 Å². The molecule has 0 saturated heterocycles. The van der Waals surface area contributed by atoms with E-state index in [9.17, 15) is 0 Å². The summed E-state index contributed by atoms with van der Waals surface area (Å²) in [5, 5.41) is 4.25. The van der Waals surface area contributed by atoms with Gasteiger partial charge in [0.15, 0.2) is 0 Å². The van der Waals surface area contributed by atoms with Crippen LogP contribution in [0.5, 0.6) is 0 Å². The molecule has 1 N–H and O–H groups in total. The molecule has 1 aromatic carbocycles. The first kappa shape index (κ1) is 10.2. The van der Waals surface area contributed by atoms with Crippen LogP contribution in [0.15, 0.2) is 40.8 Å². The molecule has 2 rings (SSSR count). The summed E-state index contributed by atoms with van der Waals surface area (Å²) in [6.45, 7) is 8.78. The molecular formula is C11H15NS. The lowest BCUT2D eigenvalue weighted by Crippen LogP contribution is -2.14. The molecule has 0 saturated carbocycles. The highest BCUT2D eigenvalue weighted by molar-refractivity contribution is 8.03. The van der Waals surface area contributed by atoms with Crippen molar-refractivity contribution in [3.63, 3.8) is 0 Å². The summed E-state index contributed by atoms with van der Waals surface area (Å²) in [4.78, 5) is 1.33. The van der Waals surface area contributed by atoms with Crippen molar-refractivity contribution in [1.82, 2.24) is 5.32 Å². The van der Waals surface area contributed by atoms with Gasteiger partial charge in [-0.2, -0.15) is 0 Å². The first-order valence-corrected chi connectivity index (χ1v) is 5.36. The number of nitrogens with one attached hydrogen (secondary N) is 1. The van der Waals surface area contributed by atoms with E-state index in [1.807, 2.05) is 13.8 Å². The van der Waals surface area contributed by atoms with E-state index in [2.05, 4.69) is 36.2 Å². The van der Waals surface area contributed by atoms with Gasteiger partial charge in [0.2, 0.25) is 0 Å². The molecular weight excluding hydrogens is 178 g/mol. The van der Waals surface area contributed by atoms with Gasteiger partial charge in [0, 0.05) is 11.4 Å². The highest BCUT2D eigenvalue weighted by Crippen LogP contribution is 2.30. The first-order chi connectivity index (χ1) is 6.36. The van der Waals surface area contributed by atoms with Crippen molar-refractivity contribution >= 4 is 11.8 Å². The molecule has 0 atom stereocenters. The molecule has 0 bridgehead atoms. The summed E-state index contributed by atoms with van der Waals surface area (Å²) in [6, 6.07) is 8.40. The minimum atomic E-state index is 0.919. The zero-order valence-electron chi connectivity index (χ0n) is 8.13. The topological polar surface area (TPSA) is 12.0 Å². The van der Waals surface area contributed by atoms with Crippen molar-refractivity contribution in [2.75, 3.05) is 0 Å². The van der Waals surface area contributed by atoms with Crippen molar-refractivity contribution in [3.05, 3.63) is 41.4 Å². The average Bonchev–Trinajstić information content (AvgIpc) is 2.21. The summed E-state index contributed by atoms with van der Waals surface area (Å²) in [5.74, 6) is 0. The van der Waals surface area contributed by atoms with Crippen LogP contribution >= 0.6 is 11.8 Å². The minimum Gasteiger partial charge on any atom is -0.376 e. The second-order valence-electron chi connectivity index (χ2n) is 2.49. The van der Waals surface area contributed by atoms with Gasteiger partial charge >= 0.3 is 0 Å². The van der Waals surface area contributed by atoms with E-state index in [0.29, 0.717) is 0 Å². The fourth-order valence-electron chi connectivity index (χ4n) is 1.11. The Balaban J connectivity index is 0.000000396. The second kappa shape index (κ2) is 4.97. The molecule has 0 spiro atoms. The van der Waals surface area contributed by atoms with Gasteiger partial charge in [0.25, 0.3) is 0 Å². The molecule has 1 aromatic rings. The molecule has 0 fully saturated rings. The van der Waals surface area contributed by atoms with Crippen molar-refractivity contribution < 1.29 is 0 Å². The molecule has 0 unspecified atom stereocenters. The van der Waals surface area contributed by atoms with Crippen molar-refractivity contribution in [1.29, 1.82) is 0 Å². The Morgan fingerprint density at radius 3 is 2.77 bits per heavy atom. The SMILES string of the molecule is C=C1NCc2ccccc2S1.CC. The minimum absolute atomic E-state index is 0.919. The smallest absolute Gasteiger partial charge is 0.0659 e. The number of rotatable bonds is 0. The van der Waals surface area contributed by atoms with Gasteiger partial charge in [-0.15, -0.1) is 0 Å². The summed E-state index contributed by atoms with van der Waals surface area (Å²) in [7, 11) is 0. The Kier molecular flexibility index (Phi) is 3.90. The van der Waals surface area contributed by atoms with Crippen LogP contribution in [0.4, 0.5) is 0 Å². The van der Waals surface area contributed by atoms with Crippen LogP contribution in [-0.4, -0.2) is 0 Å². The van der Waals surface area contributed by atoms with E-state index < -0.39 is 0 Å². The van der Waals surface area contributed by atoms with Crippen molar-refractivity contribution in [2.45, 2.75) is 25.3 Å². The molecule has 0 amide bonds. The van der Waals surface area contributed by atoms with Gasteiger partial charge in [-0.1, -0.05) is 50.4 Å². The Morgan fingerprint density at radius 1 is 1.31 bits per heavy atom. The Morgan fingerprint density at radius 2 is 2.00 bits per heavy atom. The number of benzene rings is 1. The molecule has 1 aliphatic rings. The summed E-state index contributed by atoms with van der Waals surface area (Å²) in [5.41, 5.74) is 1.37. The molecule has 1 aliphatic heterocycles. The summed E-state index contributed by atoms with van der Waals surface area (Å²) >= 11 is 1.71. The number of thioether (sulfide) groups is 1. The maximum absolute atomic E-state index is 3.86. The average molecular weight is 193 g/mol. The third-order valence-corrected chi connectivity index (χ3v) is 2.69. The van der Waals surface area contributed by atoms with E-state index in [0.717, 1.165) is 11.6 Å². The third kappa shape index (κ3) is 2.52. The fourth-order valence-corrected chi connectivity index (χ4v) is 1.94. The van der Waals surface area contributed by atoms with Crippen LogP contribution in [0.3, 0.4) is 0 Å². The normalized spacial score (nSPS) is 13.5. The largest absolute Gasteiger partial charge is 0.376 e. The lowest BCUT2D eigenvalue weighted by Gasteiger charge is -2.18. The second-order valence-corrected chi connectivity index (χ2v) is 3.62. The van der Waals surface area contributed by atoms with Crippen molar-refractivity contribution in [2.24, 2.45) is 0 Å². The highest BCUT2D eigenvalue weighted by Gasteiger charge is 2.09. The standard InChI is InChI=1S/C9H9NS.C2H6/c1-7-10-6-8-4-2-3-5-9(8)11-7;1-2/h2-5,10H,1,6H2;1-2H3. The van der Waals surface area contributed by atoms with Crippen LogP contribution in [0.25, 0.3) is 0 Å². The van der Waals surface area contributed by atoms with E-state index in [1.54, 1.807) is 11.8 Å². The molecule has 2 heteroatoms. The Hall–Kier alpha value is -0.890. The number of hydrogen-bond donors (Lipinski definition) is 1. The van der Waals surface area contributed by atoms with Crippen LogP contribution in [0.2, 0.25) is 0 Å². The summed E-state index contributed by atoms with van der Waals surface area (Å²) in [6.07, 6.45) is 0. The zero-order valence-corrected chi connectivity index (χ0v) is 8.95. The van der Waals surface area contributed by atoms with Gasteiger partial charge in [-0.25, -0.2) is 0 Å². The molecule has 0 aliphatic carbocycles. The molecule has 1 nitrogen and oxygen atoms in total. The van der Waals surface area contributed by atoms with Gasteiger partial charge < -0.3 is 5.32 Å². The van der Waals surface area contributed by atoms with Crippen LogP contribution in [0, 0.1) is 0 Å². The zero-order chi connectivity index (χ0) is 9.68. The molecule has 1 heterocycles. The quantitative estimate of drug-likeness (QED) is 0.678. The summed E-state index contributed by atoms with van der Waals surface area (Å²) < 4.78 is 0. The predicted molar refractivity (Wildman–Crippen MR) is 59.6 cm³/mol. The number of hydrogen-bond acceptors (Lipinski definition) is 2. The van der Waals surface area contributed by atoms with Gasteiger partial charge in [-0.05, 0) is 11.6 Å². The maximum atomic E-state index is 3.86. The third-order valence-electron chi connectivity index (χ3n) is 1.68. The fraction of sp³-hybridized carbons (Fsp3) is 0.273. The van der Waals surface area contributed by atoms with Crippen LogP contribution in [0.1, 0.15) is 19.4 Å². The molecule has 13 heavy (non-hydrogen) atoms. The van der Waals surface area contributed by atoms with Crippen LogP contribution < -0.4 is 5.32 Å². The molecule has 0 radical (unpaired) electrons. The predicted octanol–water partition coefficient (Wildman–Crippen LogP) is 3.38.